The molecule has 2 fully saturated rings. The Morgan fingerprint density at radius 3 is 2.08 bits per heavy atom. The largest absolute Gasteiger partial charge is 0.372 e. The third kappa shape index (κ3) is 9.39. The van der Waals surface area contributed by atoms with E-state index in [1.54, 1.807) is 0 Å². The van der Waals surface area contributed by atoms with Crippen LogP contribution in [-0.4, -0.2) is 49.8 Å². The van der Waals surface area contributed by atoms with Gasteiger partial charge in [0.2, 0.25) is 0 Å². The van der Waals surface area contributed by atoms with Gasteiger partial charge in [-0.25, -0.2) is 0 Å². The molecule has 0 saturated carbocycles. The molecular weight excluding hydrogens is 474 g/mol. The molecule has 36 heavy (non-hydrogen) atoms. The summed E-state index contributed by atoms with van der Waals surface area (Å²) in [6, 6.07) is 9.27. The van der Waals surface area contributed by atoms with Crippen LogP contribution in [0.15, 0.2) is 30.3 Å². The molecular formula is C29H49NO5S. The minimum atomic E-state index is -3.79. The molecule has 1 aromatic rings. The van der Waals surface area contributed by atoms with Gasteiger partial charge in [-0.1, -0.05) is 114 Å². The molecule has 2 heterocycles. The van der Waals surface area contributed by atoms with E-state index in [-0.39, 0.29) is 25.4 Å². The van der Waals surface area contributed by atoms with Crippen LogP contribution < -0.4 is 0 Å². The normalized spacial score (nSPS) is 25.8. The van der Waals surface area contributed by atoms with Gasteiger partial charge in [0, 0.05) is 6.54 Å². The van der Waals surface area contributed by atoms with E-state index in [9.17, 15) is 8.42 Å². The summed E-state index contributed by atoms with van der Waals surface area (Å²) in [5.74, 6) is 0. The van der Waals surface area contributed by atoms with Crippen LogP contribution in [0.4, 0.5) is 0 Å². The van der Waals surface area contributed by atoms with Crippen LogP contribution in [-0.2, 0) is 30.5 Å². The Morgan fingerprint density at radius 2 is 1.47 bits per heavy atom. The van der Waals surface area contributed by atoms with Gasteiger partial charge in [-0.2, -0.15) is 12.7 Å². The van der Waals surface area contributed by atoms with E-state index in [1.165, 1.54) is 74.9 Å². The zero-order chi connectivity index (χ0) is 25.9. The molecule has 2 aliphatic heterocycles. The Balaban J connectivity index is 1.46. The monoisotopic (exact) mass is 523 g/mol. The van der Waals surface area contributed by atoms with E-state index in [0.29, 0.717) is 6.61 Å². The highest BCUT2D eigenvalue weighted by Crippen LogP contribution is 2.34. The Hall–Kier alpha value is -0.990. The van der Waals surface area contributed by atoms with Crippen LogP contribution in [0.2, 0.25) is 0 Å². The molecule has 0 spiro atoms. The predicted molar refractivity (Wildman–Crippen MR) is 145 cm³/mol. The summed E-state index contributed by atoms with van der Waals surface area (Å²) in [6.07, 6.45) is 16.1. The topological polar surface area (TPSA) is 65.1 Å². The number of ether oxygens (including phenoxy) is 2. The van der Waals surface area contributed by atoms with Gasteiger partial charge in [-0.3, -0.25) is 4.18 Å². The quantitative estimate of drug-likeness (QED) is 0.223. The first-order valence-electron chi connectivity index (χ1n) is 14.3. The smallest absolute Gasteiger partial charge is 0.339 e. The van der Waals surface area contributed by atoms with Crippen LogP contribution >= 0.6 is 0 Å². The Morgan fingerprint density at radius 1 is 0.889 bits per heavy atom. The number of nitrogens with zero attached hydrogens (tertiary/aromatic N) is 1. The molecule has 2 aliphatic rings. The maximum Gasteiger partial charge on any atom is 0.339 e. The Labute approximate surface area is 220 Å². The molecule has 3 rings (SSSR count). The second kappa shape index (κ2) is 14.8. The summed E-state index contributed by atoms with van der Waals surface area (Å²) in [5, 5.41) is 0. The highest BCUT2D eigenvalue weighted by molar-refractivity contribution is 7.84. The van der Waals surface area contributed by atoms with Crippen LogP contribution in [0.1, 0.15) is 110 Å². The summed E-state index contributed by atoms with van der Waals surface area (Å²) in [6.45, 7) is 7.18. The number of unbranched alkanes of at least 4 members (excludes halogenated alkanes) is 11. The molecule has 0 N–H and O–H groups in total. The summed E-state index contributed by atoms with van der Waals surface area (Å²) >= 11 is 0. The average molecular weight is 524 g/mol. The van der Waals surface area contributed by atoms with Crippen molar-refractivity contribution in [3.63, 3.8) is 0 Å². The van der Waals surface area contributed by atoms with E-state index >= 15 is 0 Å². The summed E-state index contributed by atoms with van der Waals surface area (Å²) in [7, 11) is -3.79. The molecule has 0 amide bonds. The fourth-order valence-electron chi connectivity index (χ4n) is 5.33. The second-order valence-corrected chi connectivity index (χ2v) is 12.8. The minimum absolute atomic E-state index is 0.105. The molecule has 0 aromatic heterocycles. The molecule has 0 radical (unpaired) electrons. The van der Waals surface area contributed by atoms with Crippen molar-refractivity contribution >= 4 is 10.3 Å². The van der Waals surface area contributed by atoms with Crippen LogP contribution in [0, 0.1) is 0 Å². The highest BCUT2D eigenvalue weighted by Gasteiger charge is 2.49. The first kappa shape index (κ1) is 29.6. The molecule has 206 valence electrons. The van der Waals surface area contributed by atoms with Gasteiger partial charge in [0.25, 0.3) is 0 Å². The van der Waals surface area contributed by atoms with Crippen LogP contribution in [0.5, 0.6) is 0 Å². The van der Waals surface area contributed by atoms with Gasteiger partial charge in [-0.05, 0) is 25.8 Å². The number of hydrogen-bond donors (Lipinski definition) is 0. The summed E-state index contributed by atoms with van der Waals surface area (Å²) in [4.78, 5) is 0. The van der Waals surface area contributed by atoms with Gasteiger partial charge in [-0.15, -0.1) is 0 Å². The van der Waals surface area contributed by atoms with Crippen molar-refractivity contribution in [1.29, 1.82) is 0 Å². The molecule has 0 bridgehead atoms. The third-order valence-corrected chi connectivity index (χ3v) is 8.82. The zero-order valence-corrected chi connectivity index (χ0v) is 23.6. The van der Waals surface area contributed by atoms with Crippen LogP contribution in [0.3, 0.4) is 0 Å². The van der Waals surface area contributed by atoms with Crippen molar-refractivity contribution in [2.45, 2.75) is 135 Å². The lowest BCUT2D eigenvalue weighted by Crippen LogP contribution is -2.57. The Bertz CT molecular complexity index is 844. The predicted octanol–water partition coefficient (Wildman–Crippen LogP) is 6.79. The number of rotatable bonds is 16. The molecule has 1 aromatic carbocycles. The zero-order valence-electron chi connectivity index (χ0n) is 22.8. The van der Waals surface area contributed by atoms with E-state index in [4.69, 9.17) is 13.7 Å². The maximum absolute atomic E-state index is 12.8. The second-order valence-electron chi connectivity index (χ2n) is 11.2. The fraction of sp³-hybridized carbons (Fsp3) is 0.793. The minimum Gasteiger partial charge on any atom is -0.372 e. The SMILES string of the molecule is CCCCCCCCCCCCCC[C@@H]1OCC(C)(C)O[C@@H]1[C@H]1COS(=O)(=O)N1Cc1ccccc1. The first-order chi connectivity index (χ1) is 17.3. The summed E-state index contributed by atoms with van der Waals surface area (Å²) in [5.41, 5.74) is 0.479. The van der Waals surface area contributed by atoms with E-state index in [1.807, 2.05) is 44.2 Å². The van der Waals surface area contributed by atoms with Crippen molar-refractivity contribution in [2.24, 2.45) is 0 Å². The van der Waals surface area contributed by atoms with Gasteiger partial charge < -0.3 is 9.47 Å². The fourth-order valence-corrected chi connectivity index (χ4v) is 6.60. The van der Waals surface area contributed by atoms with Crippen molar-refractivity contribution in [2.75, 3.05) is 13.2 Å². The lowest BCUT2D eigenvalue weighted by Gasteiger charge is -2.44. The van der Waals surface area contributed by atoms with Crippen molar-refractivity contribution in [1.82, 2.24) is 4.31 Å². The van der Waals surface area contributed by atoms with Crippen molar-refractivity contribution < 1.29 is 22.1 Å². The van der Waals surface area contributed by atoms with E-state index in [0.717, 1.165) is 18.4 Å². The van der Waals surface area contributed by atoms with E-state index < -0.39 is 21.9 Å². The standard InChI is InChI=1S/C29H49NO5S/c1-4-5-6-7-8-9-10-11-12-13-14-18-21-27-28(35-29(2,3)24-33-27)26-23-34-36(31,32)30(26)22-25-19-16-15-17-20-25/h15-17,19-20,26-28H,4-14,18,21-24H2,1-3H3/t26-,27+,28-/m1/s1. The van der Waals surface area contributed by atoms with Crippen molar-refractivity contribution in [3.8, 4) is 0 Å². The Kier molecular flexibility index (Phi) is 12.2. The van der Waals surface area contributed by atoms with Gasteiger partial charge in [0.05, 0.1) is 31.0 Å². The first-order valence-corrected chi connectivity index (χ1v) is 15.7. The van der Waals surface area contributed by atoms with Gasteiger partial charge in [0.15, 0.2) is 0 Å². The molecule has 0 unspecified atom stereocenters. The molecule has 0 aliphatic carbocycles. The lowest BCUT2D eigenvalue weighted by atomic mass is 9.95. The number of hydrogen-bond acceptors (Lipinski definition) is 5. The lowest BCUT2D eigenvalue weighted by molar-refractivity contribution is -0.232. The maximum atomic E-state index is 12.8. The molecule has 3 atom stereocenters. The van der Waals surface area contributed by atoms with Gasteiger partial charge in [0.1, 0.15) is 6.10 Å². The third-order valence-electron chi connectivity index (χ3n) is 7.41. The number of benzene rings is 1. The van der Waals surface area contributed by atoms with Crippen LogP contribution in [0.25, 0.3) is 0 Å². The molecule has 7 heteroatoms. The average Bonchev–Trinajstić information content (AvgIpc) is 3.14. The highest BCUT2D eigenvalue weighted by atomic mass is 32.2. The molecule has 6 nitrogen and oxygen atoms in total. The molecule has 2 saturated heterocycles. The summed E-state index contributed by atoms with van der Waals surface area (Å²) < 4.78 is 45.0. The van der Waals surface area contributed by atoms with Gasteiger partial charge >= 0.3 is 10.3 Å². The van der Waals surface area contributed by atoms with E-state index in [2.05, 4.69) is 6.92 Å². The van der Waals surface area contributed by atoms with Crippen molar-refractivity contribution in [3.05, 3.63) is 35.9 Å².